The van der Waals surface area contributed by atoms with Crippen molar-refractivity contribution < 1.29 is 9.47 Å². The molecule has 2 unspecified atom stereocenters. The van der Waals surface area contributed by atoms with E-state index in [1.165, 1.54) is 39.8 Å². The minimum Gasteiger partial charge on any atom is -0.362 e. The number of benzene rings is 3. The van der Waals surface area contributed by atoms with Crippen LogP contribution in [0.3, 0.4) is 0 Å². The van der Waals surface area contributed by atoms with Gasteiger partial charge in [-0.05, 0) is 99.0 Å². The number of imidazole rings is 2. The minimum absolute atomic E-state index is 0.0970. The van der Waals surface area contributed by atoms with Crippen LogP contribution < -0.4 is 0 Å². The van der Waals surface area contributed by atoms with Crippen molar-refractivity contribution in [2.45, 2.75) is 95.8 Å². The molecule has 306 valence electrons. The molecule has 4 aliphatic heterocycles. The van der Waals surface area contributed by atoms with Gasteiger partial charge in [-0.2, -0.15) is 0 Å². The second-order valence-corrected chi connectivity index (χ2v) is 17.0. The van der Waals surface area contributed by atoms with Crippen LogP contribution in [0.4, 0.5) is 0 Å². The number of likely N-dealkylation sites (tertiary alicyclic amines) is 2. The van der Waals surface area contributed by atoms with E-state index in [2.05, 4.69) is 130 Å². The summed E-state index contributed by atoms with van der Waals surface area (Å²) in [6.45, 7) is 8.47. The van der Waals surface area contributed by atoms with E-state index in [9.17, 15) is 0 Å². The summed E-state index contributed by atoms with van der Waals surface area (Å²) in [4.78, 5) is 19.4. The molecule has 9 heteroatoms. The van der Waals surface area contributed by atoms with E-state index in [4.69, 9.17) is 19.4 Å². The van der Waals surface area contributed by atoms with E-state index in [0.29, 0.717) is 0 Å². The number of rotatable bonds is 8. The standard InChI is InChI=1S/C27H33N3O.C23H26N4O/c1-3-6-20-9-11-22(12-10-20)25-19-30-18-13-21-7-4-5-8-24(21)26(27(30)28-25)31-23-14-16-29(2)17-15-23;1-26-13-10-18(11-14-26)28-22-19-7-3-2-6-17(19)9-15-27-16-21(25-23(22)27)20-8-4-5-12-24-20/h4-5,7-12,19,23,26H,3,6,13-18H2,1-2H3;2-8,12,16,18,22H,9-11,13-15H2,1H3. The zero-order chi connectivity index (χ0) is 40.1. The van der Waals surface area contributed by atoms with Crippen molar-refractivity contribution in [2.75, 3.05) is 40.3 Å². The van der Waals surface area contributed by atoms with Gasteiger partial charge in [0.15, 0.2) is 0 Å². The fourth-order valence-corrected chi connectivity index (χ4v) is 9.24. The summed E-state index contributed by atoms with van der Waals surface area (Å²) in [6.07, 6.45) is 15.1. The average molecular weight is 790 g/mol. The molecule has 3 aromatic carbocycles. The van der Waals surface area contributed by atoms with Crippen LogP contribution in [0.1, 0.15) is 90.7 Å². The second kappa shape index (κ2) is 18.1. The number of ether oxygens (including phenoxy) is 2. The van der Waals surface area contributed by atoms with Gasteiger partial charge in [0.1, 0.15) is 29.6 Å². The zero-order valence-electron chi connectivity index (χ0n) is 35.0. The summed E-state index contributed by atoms with van der Waals surface area (Å²) >= 11 is 0. The van der Waals surface area contributed by atoms with Crippen molar-refractivity contribution in [1.82, 2.24) is 33.9 Å². The first kappa shape index (κ1) is 39.5. The molecule has 2 atom stereocenters. The van der Waals surface area contributed by atoms with Gasteiger partial charge >= 0.3 is 0 Å². The molecular weight excluding hydrogens is 731 g/mol. The molecule has 0 bridgehead atoms. The van der Waals surface area contributed by atoms with E-state index in [-0.39, 0.29) is 24.4 Å². The number of hydrogen-bond donors (Lipinski definition) is 0. The number of fused-ring (bicyclic) bond motifs is 4. The highest BCUT2D eigenvalue weighted by Crippen LogP contribution is 2.37. The van der Waals surface area contributed by atoms with Crippen molar-refractivity contribution >= 4 is 0 Å². The molecule has 4 aliphatic rings. The maximum absolute atomic E-state index is 6.80. The Morgan fingerprint density at radius 1 is 0.559 bits per heavy atom. The summed E-state index contributed by atoms with van der Waals surface area (Å²) < 4.78 is 18.1. The number of pyridine rings is 1. The van der Waals surface area contributed by atoms with Gasteiger partial charge in [-0.3, -0.25) is 4.98 Å². The maximum Gasteiger partial charge on any atom is 0.143 e. The Morgan fingerprint density at radius 2 is 1.07 bits per heavy atom. The monoisotopic (exact) mass is 789 g/mol. The van der Waals surface area contributed by atoms with Crippen LogP contribution in [-0.4, -0.2) is 86.4 Å². The summed E-state index contributed by atoms with van der Waals surface area (Å²) in [5.41, 5.74) is 10.8. The first-order chi connectivity index (χ1) is 29.0. The van der Waals surface area contributed by atoms with Crippen LogP contribution in [0.5, 0.6) is 0 Å². The molecule has 2 fully saturated rings. The molecule has 3 aromatic heterocycles. The van der Waals surface area contributed by atoms with Crippen LogP contribution in [0, 0.1) is 0 Å². The number of aromatic nitrogens is 5. The van der Waals surface area contributed by atoms with E-state index >= 15 is 0 Å². The van der Waals surface area contributed by atoms with Gasteiger partial charge in [-0.1, -0.05) is 92.2 Å². The minimum atomic E-state index is -0.121. The molecular formula is C50H59N7O2. The van der Waals surface area contributed by atoms with Gasteiger partial charge in [0, 0.05) is 63.4 Å². The number of hydrogen-bond acceptors (Lipinski definition) is 7. The van der Waals surface area contributed by atoms with Crippen molar-refractivity contribution in [2.24, 2.45) is 0 Å². The largest absolute Gasteiger partial charge is 0.362 e. The Bertz CT molecular complexity index is 2280. The van der Waals surface area contributed by atoms with Gasteiger partial charge in [0.2, 0.25) is 0 Å². The first-order valence-corrected chi connectivity index (χ1v) is 22.0. The van der Waals surface area contributed by atoms with E-state index in [1.807, 2.05) is 24.4 Å². The first-order valence-electron chi connectivity index (χ1n) is 22.0. The quantitative estimate of drug-likeness (QED) is 0.153. The molecule has 0 radical (unpaired) electrons. The normalized spacial score (nSPS) is 20.0. The van der Waals surface area contributed by atoms with Gasteiger partial charge in [0.05, 0.1) is 23.6 Å². The van der Waals surface area contributed by atoms with Crippen molar-refractivity contribution in [3.05, 3.63) is 149 Å². The third-order valence-electron chi connectivity index (χ3n) is 12.7. The fourth-order valence-electron chi connectivity index (χ4n) is 9.24. The predicted molar refractivity (Wildman–Crippen MR) is 234 cm³/mol. The summed E-state index contributed by atoms with van der Waals surface area (Å²) in [6, 6.07) is 32.3. The third-order valence-corrected chi connectivity index (χ3v) is 12.7. The number of nitrogens with zero attached hydrogens (tertiary/aromatic N) is 7. The molecule has 2 saturated heterocycles. The van der Waals surface area contributed by atoms with Crippen molar-refractivity contribution in [1.29, 1.82) is 0 Å². The SMILES string of the molecule is CCCc1ccc(-c2cn3c(n2)C(OC2CCN(C)CC2)c2ccccc2CC3)cc1.CN1CCC(OC2c3ccccc3CCn3cc(-c4ccccn4)nc32)CC1. The van der Waals surface area contributed by atoms with Gasteiger partial charge in [0.25, 0.3) is 0 Å². The molecule has 7 heterocycles. The Hall–Kier alpha value is -4.93. The van der Waals surface area contributed by atoms with E-state index in [0.717, 1.165) is 113 Å². The predicted octanol–water partition coefficient (Wildman–Crippen LogP) is 8.96. The molecule has 0 aliphatic carbocycles. The zero-order valence-corrected chi connectivity index (χ0v) is 35.0. The lowest BCUT2D eigenvalue weighted by Gasteiger charge is -2.32. The maximum atomic E-state index is 6.80. The lowest BCUT2D eigenvalue weighted by Crippen LogP contribution is -2.35. The van der Waals surface area contributed by atoms with Crippen LogP contribution >= 0.6 is 0 Å². The lowest BCUT2D eigenvalue weighted by atomic mass is 10.00. The summed E-state index contributed by atoms with van der Waals surface area (Å²) in [5.74, 6) is 2.06. The Labute approximate surface area is 350 Å². The van der Waals surface area contributed by atoms with Crippen LogP contribution in [0.2, 0.25) is 0 Å². The Kier molecular flexibility index (Phi) is 12.2. The number of piperidine rings is 2. The van der Waals surface area contributed by atoms with Crippen LogP contribution in [0.15, 0.2) is 110 Å². The van der Waals surface area contributed by atoms with Crippen LogP contribution in [0.25, 0.3) is 22.6 Å². The molecule has 0 amide bonds. The highest BCUT2D eigenvalue weighted by molar-refractivity contribution is 5.60. The molecule has 9 nitrogen and oxygen atoms in total. The van der Waals surface area contributed by atoms with Crippen LogP contribution in [-0.2, 0) is 41.8 Å². The fraction of sp³-hybridized carbons (Fsp3) is 0.420. The van der Waals surface area contributed by atoms with Crippen molar-refractivity contribution in [3.63, 3.8) is 0 Å². The molecule has 0 saturated carbocycles. The Morgan fingerprint density at radius 3 is 1.59 bits per heavy atom. The lowest BCUT2D eigenvalue weighted by molar-refractivity contribution is -0.0276. The molecule has 59 heavy (non-hydrogen) atoms. The molecule has 6 aromatic rings. The highest BCUT2D eigenvalue weighted by Gasteiger charge is 2.32. The van der Waals surface area contributed by atoms with E-state index in [1.54, 1.807) is 0 Å². The molecule has 0 spiro atoms. The molecule has 0 N–H and O–H groups in total. The third kappa shape index (κ3) is 8.99. The van der Waals surface area contributed by atoms with E-state index < -0.39 is 0 Å². The van der Waals surface area contributed by atoms with Gasteiger partial charge in [-0.15, -0.1) is 0 Å². The highest BCUT2D eigenvalue weighted by atomic mass is 16.5. The van der Waals surface area contributed by atoms with Gasteiger partial charge < -0.3 is 28.4 Å². The summed E-state index contributed by atoms with van der Waals surface area (Å²) in [5, 5.41) is 0. The molecule has 10 rings (SSSR count). The Balaban J connectivity index is 0.000000153. The second-order valence-electron chi connectivity index (χ2n) is 17.0. The topological polar surface area (TPSA) is 73.5 Å². The number of aryl methyl sites for hydroxylation is 5. The summed E-state index contributed by atoms with van der Waals surface area (Å²) in [7, 11) is 4.38. The smallest absolute Gasteiger partial charge is 0.143 e. The van der Waals surface area contributed by atoms with Gasteiger partial charge in [-0.25, -0.2) is 9.97 Å². The average Bonchev–Trinajstić information content (AvgIpc) is 3.84. The van der Waals surface area contributed by atoms with Crippen molar-refractivity contribution in [3.8, 4) is 22.6 Å².